The fraction of sp³-hybridized carbons (Fsp3) is 0.125. The van der Waals surface area contributed by atoms with Crippen LogP contribution in [0.4, 0.5) is 0 Å². The summed E-state index contributed by atoms with van der Waals surface area (Å²) in [6.07, 6.45) is 5.50. The molecular formula is C16H16. The predicted octanol–water partition coefficient (Wildman–Crippen LogP) is 4.25. The highest BCUT2D eigenvalue weighted by atomic mass is 14.0. The van der Waals surface area contributed by atoms with E-state index in [1.165, 1.54) is 16.7 Å². The highest BCUT2D eigenvalue weighted by Crippen LogP contribution is 2.17. The minimum atomic E-state index is 1.12. The van der Waals surface area contributed by atoms with Gasteiger partial charge in [0.1, 0.15) is 0 Å². The molecule has 0 radical (unpaired) electrons. The maximum atomic E-state index is 2.20. The molecule has 0 saturated heterocycles. The van der Waals surface area contributed by atoms with Crippen LogP contribution in [0, 0.1) is 6.92 Å². The zero-order chi connectivity index (χ0) is 11.2. The van der Waals surface area contributed by atoms with Gasteiger partial charge in [-0.05, 0) is 24.5 Å². The number of rotatable bonds is 0. The molecule has 0 heteroatoms. The van der Waals surface area contributed by atoms with Crippen LogP contribution in [-0.4, -0.2) is 0 Å². The molecule has 0 heterocycles. The lowest BCUT2D eigenvalue weighted by Gasteiger charge is -1.93. The van der Waals surface area contributed by atoms with Crippen molar-refractivity contribution in [2.45, 2.75) is 13.3 Å². The molecule has 2 aromatic carbocycles. The van der Waals surface area contributed by atoms with Gasteiger partial charge in [-0.15, -0.1) is 0 Å². The third-order valence-electron chi connectivity index (χ3n) is 2.63. The predicted molar refractivity (Wildman–Crippen MR) is 70.4 cm³/mol. The Morgan fingerprint density at radius 2 is 1.50 bits per heavy atom. The minimum Gasteiger partial charge on any atom is -0.0795 e. The first kappa shape index (κ1) is 10.7. The van der Waals surface area contributed by atoms with Crippen LogP contribution in [0.3, 0.4) is 0 Å². The van der Waals surface area contributed by atoms with Gasteiger partial charge in [0.2, 0.25) is 0 Å². The Morgan fingerprint density at radius 1 is 0.812 bits per heavy atom. The molecule has 0 fully saturated rings. The molecular weight excluding hydrogens is 192 g/mol. The lowest BCUT2D eigenvalue weighted by atomic mass is 10.1. The van der Waals surface area contributed by atoms with E-state index in [0.717, 1.165) is 6.42 Å². The van der Waals surface area contributed by atoms with E-state index in [0.29, 0.717) is 0 Å². The number of hydrogen-bond donors (Lipinski definition) is 0. The standard InChI is InChI=1S/C9H8.C7H8/c1-2-5-9-7-3-6-8(9)4-1;1-7-5-3-2-4-6-7/h1-6H,7H2;2-6H,1H3. The van der Waals surface area contributed by atoms with Gasteiger partial charge in [-0.3, -0.25) is 0 Å². The molecule has 0 aliphatic heterocycles. The molecule has 0 saturated carbocycles. The molecule has 1 aliphatic rings. The number of aryl methyl sites for hydroxylation is 1. The van der Waals surface area contributed by atoms with Gasteiger partial charge < -0.3 is 0 Å². The van der Waals surface area contributed by atoms with E-state index >= 15 is 0 Å². The van der Waals surface area contributed by atoms with E-state index in [-0.39, 0.29) is 0 Å². The molecule has 0 atom stereocenters. The van der Waals surface area contributed by atoms with Crippen molar-refractivity contribution in [1.29, 1.82) is 0 Å². The number of hydrogen-bond acceptors (Lipinski definition) is 0. The van der Waals surface area contributed by atoms with E-state index in [9.17, 15) is 0 Å². The molecule has 0 N–H and O–H groups in total. The van der Waals surface area contributed by atoms with Crippen LogP contribution in [0.25, 0.3) is 6.08 Å². The summed E-state index contributed by atoms with van der Waals surface area (Å²) in [4.78, 5) is 0. The van der Waals surface area contributed by atoms with Gasteiger partial charge >= 0.3 is 0 Å². The van der Waals surface area contributed by atoms with Crippen molar-refractivity contribution in [2.75, 3.05) is 0 Å². The average Bonchev–Trinajstić information content (AvgIpc) is 2.79. The maximum absolute atomic E-state index is 2.20. The zero-order valence-electron chi connectivity index (χ0n) is 9.56. The third-order valence-corrected chi connectivity index (χ3v) is 2.63. The van der Waals surface area contributed by atoms with Crippen LogP contribution in [0.15, 0.2) is 60.7 Å². The number of fused-ring (bicyclic) bond motifs is 1. The van der Waals surface area contributed by atoms with Gasteiger partial charge in [-0.2, -0.15) is 0 Å². The Kier molecular flexibility index (Phi) is 3.55. The highest BCUT2D eigenvalue weighted by Gasteiger charge is 2.00. The number of benzene rings is 2. The molecule has 1 aliphatic carbocycles. The number of allylic oxidation sites excluding steroid dienone is 1. The monoisotopic (exact) mass is 208 g/mol. The lowest BCUT2D eigenvalue weighted by molar-refractivity contribution is 1.31. The van der Waals surface area contributed by atoms with E-state index in [2.05, 4.69) is 55.5 Å². The molecule has 0 unspecified atom stereocenters. The van der Waals surface area contributed by atoms with Crippen molar-refractivity contribution in [3.05, 3.63) is 77.4 Å². The second-order valence-corrected chi connectivity index (χ2v) is 3.96. The van der Waals surface area contributed by atoms with Crippen molar-refractivity contribution in [1.82, 2.24) is 0 Å². The van der Waals surface area contributed by atoms with E-state index in [1.54, 1.807) is 0 Å². The summed E-state index contributed by atoms with van der Waals surface area (Å²) < 4.78 is 0. The first-order chi connectivity index (χ1) is 7.86. The van der Waals surface area contributed by atoms with Crippen LogP contribution in [0.1, 0.15) is 16.7 Å². The minimum absolute atomic E-state index is 1.12. The van der Waals surface area contributed by atoms with Crippen molar-refractivity contribution in [3.63, 3.8) is 0 Å². The van der Waals surface area contributed by atoms with Crippen LogP contribution >= 0.6 is 0 Å². The summed E-state index contributed by atoms with van der Waals surface area (Å²) in [6, 6.07) is 18.8. The van der Waals surface area contributed by atoms with Gasteiger partial charge in [0.05, 0.1) is 0 Å². The molecule has 3 rings (SSSR count). The Labute approximate surface area is 97.3 Å². The van der Waals surface area contributed by atoms with Gasteiger partial charge in [-0.1, -0.05) is 72.3 Å². The van der Waals surface area contributed by atoms with Crippen molar-refractivity contribution in [2.24, 2.45) is 0 Å². The second-order valence-electron chi connectivity index (χ2n) is 3.96. The quantitative estimate of drug-likeness (QED) is 0.607. The summed E-state index contributed by atoms with van der Waals surface area (Å²) in [5.74, 6) is 0. The summed E-state index contributed by atoms with van der Waals surface area (Å²) in [6.45, 7) is 2.08. The molecule has 0 bridgehead atoms. The largest absolute Gasteiger partial charge is 0.0795 e. The van der Waals surface area contributed by atoms with Crippen LogP contribution in [-0.2, 0) is 6.42 Å². The Bertz CT molecular complexity index is 466. The Hall–Kier alpha value is -1.82. The smallest absolute Gasteiger partial charge is 0.00882 e. The molecule has 16 heavy (non-hydrogen) atoms. The third kappa shape index (κ3) is 2.83. The van der Waals surface area contributed by atoms with E-state index in [4.69, 9.17) is 0 Å². The molecule has 2 aromatic rings. The molecule has 0 amide bonds. The van der Waals surface area contributed by atoms with Crippen molar-refractivity contribution in [3.8, 4) is 0 Å². The Morgan fingerprint density at radius 3 is 2.12 bits per heavy atom. The van der Waals surface area contributed by atoms with Gasteiger partial charge in [0.15, 0.2) is 0 Å². The van der Waals surface area contributed by atoms with Crippen LogP contribution in [0.5, 0.6) is 0 Å². The van der Waals surface area contributed by atoms with Crippen LogP contribution < -0.4 is 0 Å². The molecule has 80 valence electrons. The summed E-state index contributed by atoms with van der Waals surface area (Å²) in [5.41, 5.74) is 4.16. The zero-order valence-corrected chi connectivity index (χ0v) is 9.56. The Balaban J connectivity index is 0.000000125. The summed E-state index contributed by atoms with van der Waals surface area (Å²) in [7, 11) is 0. The van der Waals surface area contributed by atoms with E-state index < -0.39 is 0 Å². The van der Waals surface area contributed by atoms with E-state index in [1.807, 2.05) is 18.2 Å². The first-order valence-electron chi connectivity index (χ1n) is 5.62. The molecule has 0 aromatic heterocycles. The fourth-order valence-electron chi connectivity index (χ4n) is 1.73. The normalized spacial score (nSPS) is 11.6. The second kappa shape index (κ2) is 5.32. The first-order valence-corrected chi connectivity index (χ1v) is 5.62. The average molecular weight is 208 g/mol. The van der Waals surface area contributed by atoms with Crippen molar-refractivity contribution < 1.29 is 0 Å². The van der Waals surface area contributed by atoms with Crippen molar-refractivity contribution >= 4 is 6.08 Å². The fourth-order valence-corrected chi connectivity index (χ4v) is 1.73. The molecule has 0 nitrogen and oxygen atoms in total. The van der Waals surface area contributed by atoms with Gasteiger partial charge in [-0.25, -0.2) is 0 Å². The topological polar surface area (TPSA) is 0 Å². The summed E-state index contributed by atoms with van der Waals surface area (Å²) >= 11 is 0. The SMILES string of the molecule is C1=Cc2ccccc2C1.Cc1ccccc1. The van der Waals surface area contributed by atoms with Gasteiger partial charge in [0.25, 0.3) is 0 Å². The maximum Gasteiger partial charge on any atom is -0.00882 e. The lowest BCUT2D eigenvalue weighted by Crippen LogP contribution is -1.76. The molecule has 0 spiro atoms. The highest BCUT2D eigenvalue weighted by molar-refractivity contribution is 5.59. The van der Waals surface area contributed by atoms with Gasteiger partial charge in [0, 0.05) is 0 Å². The summed E-state index contributed by atoms with van der Waals surface area (Å²) in [5, 5.41) is 0. The van der Waals surface area contributed by atoms with Crippen LogP contribution in [0.2, 0.25) is 0 Å².